The highest BCUT2D eigenvalue weighted by Gasteiger charge is 2.52. The van der Waals surface area contributed by atoms with Crippen LogP contribution < -0.4 is 26.1 Å². The van der Waals surface area contributed by atoms with Crippen molar-refractivity contribution in [3.8, 4) is 0 Å². The van der Waals surface area contributed by atoms with Gasteiger partial charge in [0.05, 0.1) is 17.4 Å². The summed E-state index contributed by atoms with van der Waals surface area (Å²) in [4.78, 5) is 5.24. The van der Waals surface area contributed by atoms with Crippen LogP contribution in [0.4, 0.5) is 22.7 Å². The molecule has 4 aliphatic rings. The van der Waals surface area contributed by atoms with Crippen LogP contribution in [0.5, 0.6) is 0 Å². The van der Waals surface area contributed by atoms with E-state index in [0.29, 0.717) is 0 Å². The molecule has 5 heteroatoms. The van der Waals surface area contributed by atoms with Crippen LogP contribution in [0.1, 0.15) is 118 Å². The summed E-state index contributed by atoms with van der Waals surface area (Å²) < 4.78 is 7.42. The molecule has 1 aromatic heterocycles. The van der Waals surface area contributed by atoms with E-state index < -0.39 is 0 Å². The van der Waals surface area contributed by atoms with Crippen LogP contribution in [-0.4, -0.2) is 23.0 Å². The highest BCUT2D eigenvalue weighted by atomic mass is 28.1. The molecule has 0 amide bonds. The smallest absolute Gasteiger partial charge is 0.292 e. The van der Waals surface area contributed by atoms with Gasteiger partial charge in [-0.2, -0.15) is 0 Å². The Labute approximate surface area is 327 Å². The lowest BCUT2D eigenvalue weighted by Gasteiger charge is -2.49. The van der Waals surface area contributed by atoms with E-state index >= 15 is 0 Å². The van der Waals surface area contributed by atoms with Crippen LogP contribution in [0.3, 0.4) is 0 Å². The number of anilines is 4. The van der Waals surface area contributed by atoms with E-state index in [-0.39, 0.29) is 34.4 Å². The van der Waals surface area contributed by atoms with Gasteiger partial charge in [0.1, 0.15) is 5.58 Å². The van der Waals surface area contributed by atoms with E-state index in [1.54, 1.807) is 0 Å². The van der Waals surface area contributed by atoms with E-state index in [1.807, 2.05) is 0 Å². The molecule has 1 atom stereocenters. The number of hydrogen-bond donors (Lipinski definition) is 0. The molecule has 0 bridgehead atoms. The molecule has 4 aromatic carbocycles. The molecule has 2 aliphatic carbocycles. The molecule has 0 saturated heterocycles. The van der Waals surface area contributed by atoms with Crippen molar-refractivity contribution in [2.75, 3.05) is 9.80 Å². The summed E-state index contributed by atoms with van der Waals surface area (Å²) >= 11 is 0. The molecule has 0 N–H and O–H groups in total. The Morgan fingerprint density at radius 3 is 1.96 bits per heavy atom. The van der Waals surface area contributed by atoms with Crippen molar-refractivity contribution in [1.29, 1.82) is 0 Å². The van der Waals surface area contributed by atoms with Crippen LogP contribution in [0.2, 0.25) is 0 Å². The highest BCUT2D eigenvalue weighted by Crippen LogP contribution is 2.52. The van der Waals surface area contributed by atoms with Gasteiger partial charge in [-0.15, -0.1) is 0 Å². The Hall–Kier alpha value is -4.22. The molecule has 3 heterocycles. The van der Waals surface area contributed by atoms with Gasteiger partial charge >= 0.3 is 0 Å². The third-order valence-corrected chi connectivity index (χ3v) is 14.0. The zero-order valence-corrected chi connectivity index (χ0v) is 36.7. The summed E-state index contributed by atoms with van der Waals surface area (Å²) in [6.07, 6.45) is 5.82. The second kappa shape index (κ2) is 11.6. The van der Waals surface area contributed by atoms with Crippen LogP contribution in [0.25, 0.3) is 11.0 Å². The minimum absolute atomic E-state index is 0.00414. The van der Waals surface area contributed by atoms with Crippen molar-refractivity contribution in [2.45, 2.75) is 123 Å². The number of rotatable bonds is 2. The SMILES string of the molecule is CC1=CC2=C3B(c4cc(C(C)(C)C)ccc4N2c2ccc(C(C)(C)C)cc2)c2oc4cc5c(cc4c2N(c2ccc([SiH3])cc2)C3C1)C(C)(C)CCC5(C)C. The highest BCUT2D eigenvalue weighted by molar-refractivity contribution is 6.93. The molecule has 0 spiro atoms. The first kappa shape index (κ1) is 35.5. The van der Waals surface area contributed by atoms with Crippen LogP contribution in [0.15, 0.2) is 106 Å². The number of hydrogen-bond acceptors (Lipinski definition) is 3. The predicted octanol–water partition coefficient (Wildman–Crippen LogP) is 9.79. The Balaban J connectivity index is 1.39. The van der Waals surface area contributed by atoms with Crippen molar-refractivity contribution in [3.05, 3.63) is 124 Å². The lowest BCUT2D eigenvalue weighted by atomic mass is 9.33. The average Bonchev–Trinajstić information content (AvgIpc) is 3.47. The topological polar surface area (TPSA) is 19.6 Å². The van der Waals surface area contributed by atoms with Gasteiger partial charge in [-0.25, -0.2) is 0 Å². The van der Waals surface area contributed by atoms with Gasteiger partial charge in [0.25, 0.3) is 6.71 Å². The molecule has 276 valence electrons. The first-order chi connectivity index (χ1) is 25.3. The molecular formula is C49H57BN2OSi. The summed E-state index contributed by atoms with van der Waals surface area (Å²) in [7, 11) is 1.03. The van der Waals surface area contributed by atoms with Crippen molar-refractivity contribution in [2.24, 2.45) is 0 Å². The fourth-order valence-electron chi connectivity index (χ4n) is 9.93. The molecular weight excluding hydrogens is 671 g/mol. The van der Waals surface area contributed by atoms with E-state index in [1.165, 1.54) is 90.6 Å². The van der Waals surface area contributed by atoms with Gasteiger partial charge in [0.15, 0.2) is 0 Å². The zero-order chi connectivity index (χ0) is 38.3. The van der Waals surface area contributed by atoms with Gasteiger partial charge in [-0.05, 0) is 130 Å². The molecule has 2 aliphatic heterocycles. The molecule has 0 fully saturated rings. The van der Waals surface area contributed by atoms with Crippen LogP contribution in [0, 0.1) is 0 Å². The summed E-state index contributed by atoms with van der Waals surface area (Å²) in [6, 6.07) is 31.1. The van der Waals surface area contributed by atoms with Gasteiger partial charge in [-0.3, -0.25) is 0 Å². The van der Waals surface area contributed by atoms with Crippen LogP contribution in [-0.2, 0) is 21.7 Å². The number of nitrogens with zero attached hydrogens (tertiary/aromatic N) is 2. The maximum atomic E-state index is 7.42. The maximum Gasteiger partial charge on any atom is 0.292 e. The third kappa shape index (κ3) is 5.35. The predicted molar refractivity (Wildman–Crippen MR) is 236 cm³/mol. The monoisotopic (exact) mass is 728 g/mol. The Morgan fingerprint density at radius 2 is 1.33 bits per heavy atom. The van der Waals surface area contributed by atoms with Crippen LogP contribution >= 0.6 is 0 Å². The van der Waals surface area contributed by atoms with Gasteiger partial charge in [-0.1, -0.05) is 116 Å². The molecule has 3 nitrogen and oxygen atoms in total. The van der Waals surface area contributed by atoms with E-state index in [0.717, 1.165) is 27.9 Å². The largest absolute Gasteiger partial charge is 0.468 e. The van der Waals surface area contributed by atoms with Crippen molar-refractivity contribution in [3.63, 3.8) is 0 Å². The maximum absolute atomic E-state index is 7.42. The Morgan fingerprint density at radius 1 is 0.741 bits per heavy atom. The lowest BCUT2D eigenvalue weighted by Crippen LogP contribution is -2.61. The Bertz CT molecular complexity index is 2410. The molecule has 54 heavy (non-hydrogen) atoms. The molecule has 0 saturated carbocycles. The fourth-order valence-corrected chi connectivity index (χ4v) is 10.3. The lowest BCUT2D eigenvalue weighted by molar-refractivity contribution is 0.332. The average molecular weight is 729 g/mol. The standard InChI is InChI=1S/C49H57BN2OSi/c1-29-24-40-43-41(25-29)52(33-17-19-34(54)20-18-33)44-35-27-36-37(49(10,11)23-22-48(36,8)9)28-42(35)53-45(44)50(43)38-26-31(47(5,6)7)14-21-39(38)51(40)32-15-12-30(13-16-32)46(2,3)4/h12-21,24,26-28,41H,22-23,25H2,1-11,54H3. The number of furan rings is 1. The number of allylic oxidation sites excluding steroid dienone is 1. The second-order valence-electron chi connectivity index (χ2n) is 20.3. The van der Waals surface area contributed by atoms with E-state index in [2.05, 4.69) is 171 Å². The Kier molecular flexibility index (Phi) is 7.65. The zero-order valence-electron chi connectivity index (χ0n) is 34.7. The molecule has 5 aromatic rings. The summed E-state index contributed by atoms with van der Waals surface area (Å²) in [5.41, 5.74) is 18.5. The number of fused-ring (bicyclic) bond motifs is 7. The van der Waals surface area contributed by atoms with Crippen molar-refractivity contribution in [1.82, 2.24) is 0 Å². The van der Waals surface area contributed by atoms with Crippen molar-refractivity contribution >= 4 is 67.0 Å². The first-order valence-corrected chi connectivity index (χ1v) is 21.3. The molecule has 0 radical (unpaired) electrons. The summed E-state index contributed by atoms with van der Waals surface area (Å²) in [5, 5.41) is 2.67. The van der Waals surface area contributed by atoms with Gasteiger partial charge in [0, 0.05) is 38.4 Å². The minimum Gasteiger partial charge on any atom is -0.468 e. The van der Waals surface area contributed by atoms with Crippen molar-refractivity contribution < 1.29 is 4.42 Å². The molecule has 9 rings (SSSR count). The fraction of sp³-hybridized carbons (Fsp3) is 0.388. The normalized spacial score (nSPS) is 20.1. The summed E-state index contributed by atoms with van der Waals surface area (Å²) in [6.45, 7) is 26.0. The summed E-state index contributed by atoms with van der Waals surface area (Å²) in [5.74, 6) is 0. The van der Waals surface area contributed by atoms with Gasteiger partial charge in [0.2, 0.25) is 0 Å². The molecule has 1 unspecified atom stereocenters. The quantitative estimate of drug-likeness (QED) is 0.169. The van der Waals surface area contributed by atoms with E-state index in [4.69, 9.17) is 4.42 Å². The second-order valence-corrected chi connectivity index (χ2v) is 21.5. The third-order valence-electron chi connectivity index (χ3n) is 13.3. The van der Waals surface area contributed by atoms with Gasteiger partial charge < -0.3 is 14.2 Å². The van der Waals surface area contributed by atoms with E-state index in [9.17, 15) is 0 Å². The minimum atomic E-state index is 0.00414. The number of benzene rings is 4. The first-order valence-electron chi connectivity index (χ1n) is 20.3.